The number of aliphatic hydroxyl groups excluding tert-OH is 2. The molecule has 0 radical (unpaired) electrons. The molecule has 0 heterocycles. The first-order chi connectivity index (χ1) is 9.93. The topological polar surface area (TPSA) is 68.2 Å². The predicted molar refractivity (Wildman–Crippen MR) is 85.6 cm³/mol. The van der Waals surface area contributed by atoms with E-state index in [0.717, 1.165) is 26.1 Å². The van der Waals surface area contributed by atoms with E-state index < -0.39 is 0 Å². The molecule has 0 aliphatic carbocycles. The monoisotopic (exact) mass is 308 g/mol. The first kappa shape index (κ1) is 23.1. The molecule has 2 N–H and O–H groups in total. The molecule has 130 valence electrons. The molecule has 5 heteroatoms. The Hall–Kier alpha value is -0.200. The minimum Gasteiger partial charge on any atom is -0.394 e. The summed E-state index contributed by atoms with van der Waals surface area (Å²) in [6.07, 6.45) is 1.87. The second-order valence-electron chi connectivity index (χ2n) is 5.61. The normalized spacial score (nSPS) is 13.7. The van der Waals surface area contributed by atoms with Crippen molar-refractivity contribution in [3.63, 3.8) is 0 Å². The zero-order chi connectivity index (χ0) is 16.5. The molecule has 0 aromatic carbocycles. The van der Waals surface area contributed by atoms with E-state index in [4.69, 9.17) is 24.4 Å². The number of aliphatic hydroxyl groups is 2. The molecule has 0 spiro atoms. The molecule has 5 nitrogen and oxygen atoms in total. The third-order valence-corrected chi connectivity index (χ3v) is 2.34. The smallest absolute Gasteiger partial charge is 0.0778 e. The third-order valence-electron chi connectivity index (χ3n) is 2.34. The Labute approximate surface area is 130 Å². The molecule has 0 bridgehead atoms. The Kier molecular flexibility index (Phi) is 19.6. The van der Waals surface area contributed by atoms with E-state index in [1.165, 1.54) is 0 Å². The van der Waals surface area contributed by atoms with Crippen LogP contribution >= 0.6 is 0 Å². The van der Waals surface area contributed by atoms with E-state index in [9.17, 15) is 0 Å². The highest BCUT2D eigenvalue weighted by atomic mass is 16.5. The van der Waals surface area contributed by atoms with E-state index in [-0.39, 0.29) is 18.8 Å². The van der Waals surface area contributed by atoms with Crippen molar-refractivity contribution in [1.29, 1.82) is 0 Å². The first-order valence-corrected chi connectivity index (χ1v) is 7.99. The fraction of sp³-hybridized carbons (Fsp3) is 1.00. The Balaban J connectivity index is 0. The van der Waals surface area contributed by atoms with E-state index >= 15 is 0 Å². The number of hydrogen-bond donors (Lipinski definition) is 2. The van der Waals surface area contributed by atoms with Gasteiger partial charge in [-0.1, -0.05) is 27.2 Å². The van der Waals surface area contributed by atoms with Crippen LogP contribution in [0.15, 0.2) is 0 Å². The van der Waals surface area contributed by atoms with E-state index in [0.29, 0.717) is 25.7 Å². The molecule has 2 unspecified atom stereocenters. The van der Waals surface area contributed by atoms with E-state index in [1.54, 1.807) is 6.92 Å². The van der Waals surface area contributed by atoms with Gasteiger partial charge in [-0.15, -0.1) is 0 Å². The second kappa shape index (κ2) is 17.9. The van der Waals surface area contributed by atoms with Gasteiger partial charge in [0.05, 0.1) is 38.6 Å². The summed E-state index contributed by atoms with van der Waals surface area (Å²) in [7, 11) is 0. The molecule has 2 atom stereocenters. The Morgan fingerprint density at radius 1 is 0.905 bits per heavy atom. The van der Waals surface area contributed by atoms with Gasteiger partial charge in [0.25, 0.3) is 0 Å². The highest BCUT2D eigenvalue weighted by Crippen LogP contribution is 1.93. The van der Waals surface area contributed by atoms with Gasteiger partial charge in [0.15, 0.2) is 0 Å². The molecule has 0 fully saturated rings. The van der Waals surface area contributed by atoms with Crippen LogP contribution < -0.4 is 0 Å². The van der Waals surface area contributed by atoms with Crippen LogP contribution in [0.5, 0.6) is 0 Å². The lowest BCUT2D eigenvalue weighted by Crippen LogP contribution is -2.16. The Morgan fingerprint density at radius 2 is 1.57 bits per heavy atom. The van der Waals surface area contributed by atoms with Crippen molar-refractivity contribution in [2.45, 2.75) is 59.7 Å². The van der Waals surface area contributed by atoms with Crippen molar-refractivity contribution in [2.24, 2.45) is 5.92 Å². The highest BCUT2D eigenvalue weighted by molar-refractivity contribution is 4.44. The largest absolute Gasteiger partial charge is 0.394 e. The molecule has 0 aromatic heterocycles. The second-order valence-corrected chi connectivity index (χ2v) is 5.61. The van der Waals surface area contributed by atoms with Crippen molar-refractivity contribution in [1.82, 2.24) is 0 Å². The van der Waals surface area contributed by atoms with Crippen molar-refractivity contribution in [2.75, 3.05) is 39.6 Å². The maximum absolute atomic E-state index is 8.74. The molecule has 0 saturated carbocycles. The van der Waals surface area contributed by atoms with Gasteiger partial charge in [-0.25, -0.2) is 0 Å². The average molecular weight is 308 g/mol. The quantitative estimate of drug-likeness (QED) is 0.541. The standard InChI is InChI=1S/C9H20O3.C7H16O2/c1-3-4-5-11-6-7-12-9(2)8-10;1-6(2)4-9-5-7(3)8/h9-10H,3-8H2,1-2H3;6-8H,4-5H2,1-3H3. The summed E-state index contributed by atoms with van der Waals surface area (Å²) >= 11 is 0. The summed E-state index contributed by atoms with van der Waals surface area (Å²) < 4.78 is 15.6. The van der Waals surface area contributed by atoms with Gasteiger partial charge in [0.1, 0.15) is 0 Å². The first-order valence-electron chi connectivity index (χ1n) is 7.99. The van der Waals surface area contributed by atoms with Gasteiger partial charge >= 0.3 is 0 Å². The lowest BCUT2D eigenvalue weighted by molar-refractivity contribution is -0.0107. The fourth-order valence-corrected chi connectivity index (χ4v) is 1.18. The maximum Gasteiger partial charge on any atom is 0.0778 e. The van der Waals surface area contributed by atoms with Crippen LogP contribution in [0, 0.1) is 5.92 Å². The number of ether oxygens (including phenoxy) is 3. The van der Waals surface area contributed by atoms with Gasteiger partial charge in [-0.05, 0) is 26.2 Å². The minimum atomic E-state index is -0.330. The zero-order valence-corrected chi connectivity index (χ0v) is 14.5. The molecule has 0 amide bonds. The summed E-state index contributed by atoms with van der Waals surface area (Å²) in [5.41, 5.74) is 0. The number of unbranched alkanes of at least 4 members (excludes halogenated alkanes) is 1. The van der Waals surface area contributed by atoms with Gasteiger partial charge in [0, 0.05) is 13.2 Å². The van der Waals surface area contributed by atoms with Gasteiger partial charge in [-0.3, -0.25) is 0 Å². The summed E-state index contributed by atoms with van der Waals surface area (Å²) in [5, 5.41) is 17.3. The van der Waals surface area contributed by atoms with Crippen LogP contribution in [0.2, 0.25) is 0 Å². The van der Waals surface area contributed by atoms with Crippen molar-refractivity contribution >= 4 is 0 Å². The predicted octanol–water partition coefficient (Wildman–Crippen LogP) is 2.24. The van der Waals surface area contributed by atoms with Crippen LogP contribution in [0.25, 0.3) is 0 Å². The minimum absolute atomic E-state index is 0.0697. The molecule has 0 aromatic rings. The summed E-state index contributed by atoms with van der Waals surface area (Å²) in [5.74, 6) is 0.559. The molecular weight excluding hydrogens is 272 g/mol. The third kappa shape index (κ3) is 25.1. The van der Waals surface area contributed by atoms with Crippen LogP contribution in [0.3, 0.4) is 0 Å². The summed E-state index contributed by atoms with van der Waals surface area (Å²) in [6.45, 7) is 13.2. The van der Waals surface area contributed by atoms with E-state index in [1.807, 2.05) is 6.92 Å². The maximum atomic E-state index is 8.74. The van der Waals surface area contributed by atoms with Crippen molar-refractivity contribution < 1.29 is 24.4 Å². The zero-order valence-electron chi connectivity index (χ0n) is 14.5. The average Bonchev–Trinajstić information content (AvgIpc) is 2.42. The summed E-state index contributed by atoms with van der Waals surface area (Å²) in [4.78, 5) is 0. The Bertz CT molecular complexity index is 178. The summed E-state index contributed by atoms with van der Waals surface area (Å²) in [6, 6.07) is 0. The van der Waals surface area contributed by atoms with Crippen molar-refractivity contribution in [3.05, 3.63) is 0 Å². The molecule has 0 saturated heterocycles. The van der Waals surface area contributed by atoms with Crippen LogP contribution in [-0.2, 0) is 14.2 Å². The van der Waals surface area contributed by atoms with Crippen LogP contribution in [-0.4, -0.2) is 62.1 Å². The lowest BCUT2D eigenvalue weighted by Gasteiger charge is -2.09. The molecule has 21 heavy (non-hydrogen) atoms. The van der Waals surface area contributed by atoms with Crippen LogP contribution in [0.1, 0.15) is 47.5 Å². The van der Waals surface area contributed by atoms with Gasteiger partial charge in [0.2, 0.25) is 0 Å². The van der Waals surface area contributed by atoms with Gasteiger partial charge in [-0.2, -0.15) is 0 Å². The molecule has 0 aliphatic rings. The molecule has 0 aliphatic heterocycles. The van der Waals surface area contributed by atoms with Crippen molar-refractivity contribution in [3.8, 4) is 0 Å². The van der Waals surface area contributed by atoms with Crippen LogP contribution in [0.4, 0.5) is 0 Å². The number of hydrogen-bond acceptors (Lipinski definition) is 5. The van der Waals surface area contributed by atoms with Gasteiger partial charge < -0.3 is 24.4 Å². The SMILES string of the molecule is CC(C)COCC(C)O.CCCCOCCOC(C)CO. The number of rotatable bonds is 12. The highest BCUT2D eigenvalue weighted by Gasteiger charge is 1.98. The molecular formula is C16H36O5. The fourth-order valence-electron chi connectivity index (χ4n) is 1.18. The van der Waals surface area contributed by atoms with E-state index in [2.05, 4.69) is 20.8 Å². The Morgan fingerprint density at radius 3 is 2.05 bits per heavy atom. The lowest BCUT2D eigenvalue weighted by atomic mass is 10.2. The molecule has 0 rings (SSSR count).